The third-order valence-corrected chi connectivity index (χ3v) is 4.84. The highest BCUT2D eigenvalue weighted by Gasteiger charge is 2.40. The Bertz CT molecular complexity index is 446. The van der Waals surface area contributed by atoms with Crippen LogP contribution < -0.4 is 5.32 Å². The summed E-state index contributed by atoms with van der Waals surface area (Å²) in [4.78, 5) is 13.3. The first-order valence-corrected chi connectivity index (χ1v) is 7.26. The Hall–Kier alpha value is -0.960. The number of carbonyl (C=O) groups is 1. The number of amides is 1. The molecule has 1 saturated carbocycles. The van der Waals surface area contributed by atoms with E-state index in [1.165, 1.54) is 10.5 Å². The zero-order chi connectivity index (χ0) is 11.8. The highest BCUT2D eigenvalue weighted by molar-refractivity contribution is 7.99. The molecule has 1 fully saturated rings. The Labute approximate surface area is 106 Å². The quantitative estimate of drug-likeness (QED) is 0.870. The molecule has 0 spiro atoms. The summed E-state index contributed by atoms with van der Waals surface area (Å²) in [6.45, 7) is 2.15. The van der Waals surface area contributed by atoms with Crippen molar-refractivity contribution in [3.05, 3.63) is 29.8 Å². The van der Waals surface area contributed by atoms with Crippen molar-refractivity contribution in [2.45, 2.75) is 30.7 Å². The van der Waals surface area contributed by atoms with Crippen LogP contribution in [0.2, 0.25) is 0 Å². The van der Waals surface area contributed by atoms with Crippen LogP contribution >= 0.6 is 11.8 Å². The molecule has 3 unspecified atom stereocenters. The largest absolute Gasteiger partial charge is 0.349 e. The number of fused-ring (bicyclic) bond motifs is 1. The van der Waals surface area contributed by atoms with Crippen molar-refractivity contribution >= 4 is 17.7 Å². The molecule has 2 aliphatic rings. The summed E-state index contributed by atoms with van der Waals surface area (Å²) in [7, 11) is 0. The van der Waals surface area contributed by atoms with Crippen molar-refractivity contribution in [3.8, 4) is 0 Å². The molecular formula is C14H17NOS. The van der Waals surface area contributed by atoms with E-state index in [1.54, 1.807) is 0 Å². The number of carbonyl (C=O) groups excluding carboxylic acids is 1. The molecule has 1 aromatic carbocycles. The van der Waals surface area contributed by atoms with Gasteiger partial charge in [-0.15, -0.1) is 11.8 Å². The molecule has 2 nitrogen and oxygen atoms in total. The van der Waals surface area contributed by atoms with E-state index in [1.807, 2.05) is 11.8 Å². The van der Waals surface area contributed by atoms with Gasteiger partial charge in [0.25, 0.3) is 0 Å². The molecule has 3 rings (SSSR count). The zero-order valence-electron chi connectivity index (χ0n) is 9.98. The number of benzene rings is 1. The Kier molecular flexibility index (Phi) is 2.87. The van der Waals surface area contributed by atoms with Crippen molar-refractivity contribution in [3.63, 3.8) is 0 Å². The summed E-state index contributed by atoms with van der Waals surface area (Å²) in [6, 6.07) is 8.65. The van der Waals surface area contributed by atoms with Crippen molar-refractivity contribution in [2.24, 2.45) is 11.8 Å². The fourth-order valence-corrected chi connectivity index (χ4v) is 3.58. The van der Waals surface area contributed by atoms with Gasteiger partial charge in [0.2, 0.25) is 5.91 Å². The zero-order valence-corrected chi connectivity index (χ0v) is 10.8. The van der Waals surface area contributed by atoms with Crippen LogP contribution in [0.3, 0.4) is 0 Å². The molecule has 0 saturated heterocycles. The lowest BCUT2D eigenvalue weighted by atomic mass is 10.0. The fourth-order valence-electron chi connectivity index (χ4n) is 2.46. The number of thioether (sulfide) groups is 1. The molecule has 90 valence electrons. The average Bonchev–Trinajstić information content (AvgIpc) is 3.07. The summed E-state index contributed by atoms with van der Waals surface area (Å²) >= 11 is 1.89. The average molecular weight is 247 g/mol. The van der Waals surface area contributed by atoms with Gasteiger partial charge in [0.05, 0.1) is 6.04 Å². The van der Waals surface area contributed by atoms with Crippen molar-refractivity contribution < 1.29 is 4.79 Å². The Morgan fingerprint density at radius 1 is 1.41 bits per heavy atom. The second-order valence-corrected chi connectivity index (χ2v) is 6.19. The first-order valence-electron chi connectivity index (χ1n) is 6.28. The van der Waals surface area contributed by atoms with Crippen LogP contribution in [0.15, 0.2) is 29.2 Å². The summed E-state index contributed by atoms with van der Waals surface area (Å²) in [6.07, 6.45) is 2.11. The molecule has 3 heteroatoms. The standard InChI is InChI=1S/C14H17NOS/c1-9-8-11(9)14(16)15-12-6-7-17-13-5-3-2-4-10(12)13/h2-5,9,11-12H,6-8H2,1H3,(H,15,16). The Balaban J connectivity index is 1.74. The maximum atomic E-state index is 12.0. The minimum Gasteiger partial charge on any atom is -0.349 e. The first kappa shape index (κ1) is 11.1. The second-order valence-electron chi connectivity index (χ2n) is 5.06. The maximum Gasteiger partial charge on any atom is 0.223 e. The van der Waals surface area contributed by atoms with Gasteiger partial charge in [0.1, 0.15) is 0 Å². The minimum absolute atomic E-state index is 0.229. The lowest BCUT2D eigenvalue weighted by Gasteiger charge is -2.25. The number of hydrogen-bond donors (Lipinski definition) is 1. The van der Waals surface area contributed by atoms with E-state index < -0.39 is 0 Å². The molecule has 1 N–H and O–H groups in total. The second kappa shape index (κ2) is 4.37. The summed E-state index contributed by atoms with van der Waals surface area (Å²) < 4.78 is 0. The molecule has 1 aliphatic heterocycles. The van der Waals surface area contributed by atoms with E-state index in [2.05, 4.69) is 36.5 Å². The van der Waals surface area contributed by atoms with Crippen LogP contribution in [0.25, 0.3) is 0 Å². The van der Waals surface area contributed by atoms with Gasteiger partial charge in [-0.2, -0.15) is 0 Å². The van der Waals surface area contributed by atoms with Gasteiger partial charge >= 0.3 is 0 Å². The van der Waals surface area contributed by atoms with Crippen molar-refractivity contribution in [1.82, 2.24) is 5.32 Å². The van der Waals surface area contributed by atoms with Crippen LogP contribution in [0.4, 0.5) is 0 Å². The van der Waals surface area contributed by atoms with Crippen LogP contribution in [0.1, 0.15) is 31.4 Å². The van der Waals surface area contributed by atoms with Crippen LogP contribution in [-0.2, 0) is 4.79 Å². The van der Waals surface area contributed by atoms with E-state index >= 15 is 0 Å². The molecule has 1 aliphatic carbocycles. The summed E-state index contributed by atoms with van der Waals surface area (Å²) in [5.41, 5.74) is 1.30. The van der Waals surface area contributed by atoms with E-state index in [9.17, 15) is 4.79 Å². The topological polar surface area (TPSA) is 29.1 Å². The van der Waals surface area contributed by atoms with Gasteiger partial charge < -0.3 is 5.32 Å². The molecule has 3 atom stereocenters. The highest BCUT2D eigenvalue weighted by Crippen LogP contribution is 2.40. The maximum absolute atomic E-state index is 12.0. The van der Waals surface area contributed by atoms with Crippen LogP contribution in [-0.4, -0.2) is 11.7 Å². The number of rotatable bonds is 2. The van der Waals surface area contributed by atoms with Crippen LogP contribution in [0, 0.1) is 11.8 Å². The van der Waals surface area contributed by atoms with Crippen molar-refractivity contribution in [1.29, 1.82) is 0 Å². The predicted octanol–water partition coefficient (Wildman–Crippen LogP) is 3.00. The number of hydrogen-bond acceptors (Lipinski definition) is 2. The SMILES string of the molecule is CC1CC1C(=O)NC1CCSc2ccccc21. The minimum atomic E-state index is 0.229. The van der Waals surface area contributed by atoms with Crippen LogP contribution in [0.5, 0.6) is 0 Å². The lowest BCUT2D eigenvalue weighted by Crippen LogP contribution is -2.32. The molecule has 17 heavy (non-hydrogen) atoms. The monoisotopic (exact) mass is 247 g/mol. The smallest absolute Gasteiger partial charge is 0.223 e. The molecule has 1 amide bonds. The summed E-state index contributed by atoms with van der Waals surface area (Å²) in [5.74, 6) is 2.21. The Morgan fingerprint density at radius 3 is 2.94 bits per heavy atom. The van der Waals surface area contributed by atoms with E-state index in [0.29, 0.717) is 5.92 Å². The molecule has 0 bridgehead atoms. The van der Waals surface area contributed by atoms with Gasteiger partial charge in [0, 0.05) is 16.6 Å². The first-order chi connectivity index (χ1) is 8.25. The third-order valence-electron chi connectivity index (χ3n) is 3.72. The Morgan fingerprint density at radius 2 is 2.18 bits per heavy atom. The molecule has 1 aromatic rings. The fraction of sp³-hybridized carbons (Fsp3) is 0.500. The van der Waals surface area contributed by atoms with Gasteiger partial charge in [-0.3, -0.25) is 4.79 Å². The van der Waals surface area contributed by atoms with Gasteiger partial charge in [-0.25, -0.2) is 0 Å². The molecular weight excluding hydrogens is 230 g/mol. The molecule has 0 aromatic heterocycles. The normalized spacial score (nSPS) is 30.5. The van der Waals surface area contributed by atoms with Crippen molar-refractivity contribution in [2.75, 3.05) is 5.75 Å². The van der Waals surface area contributed by atoms with Gasteiger partial charge in [-0.1, -0.05) is 25.1 Å². The lowest BCUT2D eigenvalue weighted by molar-refractivity contribution is -0.123. The highest BCUT2D eigenvalue weighted by atomic mass is 32.2. The predicted molar refractivity (Wildman–Crippen MR) is 69.9 cm³/mol. The van der Waals surface area contributed by atoms with Gasteiger partial charge in [0.15, 0.2) is 0 Å². The summed E-state index contributed by atoms with van der Waals surface area (Å²) in [5, 5.41) is 3.22. The van der Waals surface area contributed by atoms with Gasteiger partial charge in [-0.05, 0) is 30.4 Å². The molecule has 0 radical (unpaired) electrons. The molecule has 1 heterocycles. The van der Waals surface area contributed by atoms with E-state index in [0.717, 1.165) is 18.6 Å². The van der Waals surface area contributed by atoms with E-state index in [4.69, 9.17) is 0 Å². The van der Waals surface area contributed by atoms with E-state index in [-0.39, 0.29) is 17.9 Å². The third kappa shape index (κ3) is 2.21. The number of nitrogens with one attached hydrogen (secondary N) is 1.